The number of rotatable bonds is 2. The highest BCUT2D eigenvalue weighted by molar-refractivity contribution is 5.51. The van der Waals surface area contributed by atoms with E-state index in [4.69, 9.17) is 10.00 Å². The molecular formula is C14H17NO. The number of methoxy groups -OCH3 is 1. The molecule has 1 aromatic rings. The number of hydrogen-bond acceptors (Lipinski definition) is 2. The molecule has 0 unspecified atom stereocenters. The summed E-state index contributed by atoms with van der Waals surface area (Å²) in [5, 5.41) is 8.90. The van der Waals surface area contributed by atoms with E-state index in [1.165, 1.54) is 29.5 Å². The van der Waals surface area contributed by atoms with E-state index < -0.39 is 0 Å². The van der Waals surface area contributed by atoms with E-state index in [9.17, 15) is 0 Å². The van der Waals surface area contributed by atoms with Crippen molar-refractivity contribution in [2.24, 2.45) is 0 Å². The van der Waals surface area contributed by atoms with Crippen LogP contribution in [0.3, 0.4) is 0 Å². The van der Waals surface area contributed by atoms with Gasteiger partial charge in [-0.3, -0.25) is 0 Å². The minimum atomic E-state index is 0.464. The van der Waals surface area contributed by atoms with Crippen molar-refractivity contribution in [1.82, 2.24) is 0 Å². The summed E-state index contributed by atoms with van der Waals surface area (Å²) in [4.78, 5) is 0. The summed E-state index contributed by atoms with van der Waals surface area (Å²) in [6.07, 6.45) is 5.23. The summed E-state index contributed by atoms with van der Waals surface area (Å²) in [6.45, 7) is 2.14. The molecule has 0 fully saturated rings. The maximum atomic E-state index is 8.90. The van der Waals surface area contributed by atoms with Crippen LogP contribution in [0.2, 0.25) is 0 Å². The molecule has 1 aliphatic carbocycles. The Morgan fingerprint density at radius 1 is 1.31 bits per heavy atom. The van der Waals surface area contributed by atoms with Crippen LogP contribution in [0.5, 0.6) is 5.75 Å². The zero-order valence-corrected chi connectivity index (χ0v) is 9.97. The van der Waals surface area contributed by atoms with Crippen molar-refractivity contribution in [3.8, 4) is 11.8 Å². The molecule has 2 heteroatoms. The number of nitriles is 1. The first kappa shape index (κ1) is 11.0. The molecule has 0 spiro atoms. The van der Waals surface area contributed by atoms with E-state index in [0.29, 0.717) is 6.42 Å². The first-order chi connectivity index (χ1) is 7.77. The maximum Gasteiger partial charge on any atom is 0.123 e. The van der Waals surface area contributed by atoms with E-state index in [2.05, 4.69) is 19.1 Å². The van der Waals surface area contributed by atoms with Gasteiger partial charge in [0, 0.05) is 5.56 Å². The molecule has 2 rings (SSSR count). The first-order valence-electron chi connectivity index (χ1n) is 5.83. The predicted octanol–water partition coefficient (Wildman–Crippen LogP) is 2.95. The topological polar surface area (TPSA) is 33.0 Å². The van der Waals surface area contributed by atoms with Crippen molar-refractivity contribution in [3.05, 3.63) is 28.3 Å². The van der Waals surface area contributed by atoms with Crippen LogP contribution in [-0.2, 0) is 19.3 Å². The number of hydrogen-bond donors (Lipinski definition) is 0. The Balaban J connectivity index is 2.59. The van der Waals surface area contributed by atoms with E-state index in [1.54, 1.807) is 7.11 Å². The van der Waals surface area contributed by atoms with Crippen molar-refractivity contribution in [3.63, 3.8) is 0 Å². The maximum absolute atomic E-state index is 8.90. The Kier molecular flexibility index (Phi) is 3.14. The van der Waals surface area contributed by atoms with Crippen LogP contribution < -0.4 is 4.74 Å². The molecule has 0 saturated carbocycles. The molecule has 84 valence electrons. The number of ether oxygens (including phenoxy) is 1. The standard InChI is InChI=1S/C14H17NO/c1-10-9-14(16-2)13(7-8-15)12-6-4-3-5-11(10)12/h9H,3-7H2,1-2H3. The van der Waals surface area contributed by atoms with Crippen molar-refractivity contribution < 1.29 is 4.74 Å². The number of nitrogens with zero attached hydrogens (tertiary/aromatic N) is 1. The molecule has 0 amide bonds. The summed E-state index contributed by atoms with van der Waals surface area (Å²) >= 11 is 0. The van der Waals surface area contributed by atoms with Gasteiger partial charge in [0.15, 0.2) is 0 Å². The quantitative estimate of drug-likeness (QED) is 0.760. The van der Waals surface area contributed by atoms with Gasteiger partial charge in [-0.2, -0.15) is 5.26 Å². The molecule has 0 N–H and O–H groups in total. The van der Waals surface area contributed by atoms with Gasteiger partial charge in [0.1, 0.15) is 5.75 Å². The van der Waals surface area contributed by atoms with Crippen LogP contribution in [0.4, 0.5) is 0 Å². The summed E-state index contributed by atoms with van der Waals surface area (Å²) in [5.74, 6) is 0.889. The highest BCUT2D eigenvalue weighted by Gasteiger charge is 2.19. The predicted molar refractivity (Wildman–Crippen MR) is 63.7 cm³/mol. The Bertz CT molecular complexity index is 443. The van der Waals surface area contributed by atoms with Gasteiger partial charge in [0.25, 0.3) is 0 Å². The molecule has 0 atom stereocenters. The molecular weight excluding hydrogens is 198 g/mol. The molecule has 16 heavy (non-hydrogen) atoms. The van der Waals surface area contributed by atoms with E-state index in [0.717, 1.165) is 24.2 Å². The highest BCUT2D eigenvalue weighted by Crippen LogP contribution is 2.33. The summed E-state index contributed by atoms with van der Waals surface area (Å²) in [5.41, 5.74) is 5.26. The van der Waals surface area contributed by atoms with Gasteiger partial charge >= 0.3 is 0 Å². The van der Waals surface area contributed by atoms with E-state index >= 15 is 0 Å². The Morgan fingerprint density at radius 3 is 2.62 bits per heavy atom. The Morgan fingerprint density at radius 2 is 2.00 bits per heavy atom. The van der Waals surface area contributed by atoms with Crippen molar-refractivity contribution in [2.75, 3.05) is 7.11 Å². The third-order valence-electron chi connectivity index (χ3n) is 3.43. The lowest BCUT2D eigenvalue weighted by Crippen LogP contribution is -2.10. The van der Waals surface area contributed by atoms with Gasteiger partial charge < -0.3 is 4.74 Å². The van der Waals surface area contributed by atoms with Crippen LogP contribution in [-0.4, -0.2) is 7.11 Å². The average Bonchev–Trinajstić information content (AvgIpc) is 2.33. The van der Waals surface area contributed by atoms with Crippen LogP contribution in [0.15, 0.2) is 6.07 Å². The lowest BCUT2D eigenvalue weighted by atomic mass is 9.84. The number of fused-ring (bicyclic) bond motifs is 1. The molecule has 0 saturated heterocycles. The highest BCUT2D eigenvalue weighted by atomic mass is 16.5. The second kappa shape index (κ2) is 4.57. The fraction of sp³-hybridized carbons (Fsp3) is 0.500. The van der Waals surface area contributed by atoms with Crippen LogP contribution in [0.1, 0.15) is 35.1 Å². The normalized spacial score (nSPS) is 14.1. The van der Waals surface area contributed by atoms with Crippen molar-refractivity contribution in [1.29, 1.82) is 5.26 Å². The number of aryl methyl sites for hydroxylation is 1. The summed E-state index contributed by atoms with van der Waals surface area (Å²) in [7, 11) is 1.69. The second-order valence-corrected chi connectivity index (χ2v) is 4.37. The second-order valence-electron chi connectivity index (χ2n) is 4.37. The largest absolute Gasteiger partial charge is 0.496 e. The van der Waals surface area contributed by atoms with Gasteiger partial charge in [-0.1, -0.05) is 0 Å². The van der Waals surface area contributed by atoms with Gasteiger partial charge in [-0.25, -0.2) is 0 Å². The minimum absolute atomic E-state index is 0.464. The first-order valence-corrected chi connectivity index (χ1v) is 5.83. The van der Waals surface area contributed by atoms with Gasteiger partial charge in [0.05, 0.1) is 19.6 Å². The molecule has 0 bridgehead atoms. The Labute approximate surface area is 96.9 Å². The van der Waals surface area contributed by atoms with Crippen LogP contribution in [0.25, 0.3) is 0 Å². The molecule has 0 aliphatic heterocycles. The monoisotopic (exact) mass is 215 g/mol. The molecule has 0 heterocycles. The molecule has 0 radical (unpaired) electrons. The van der Waals surface area contributed by atoms with Crippen LogP contribution in [0, 0.1) is 18.3 Å². The third-order valence-corrected chi connectivity index (χ3v) is 3.43. The van der Waals surface area contributed by atoms with Gasteiger partial charge in [-0.15, -0.1) is 0 Å². The summed E-state index contributed by atoms with van der Waals surface area (Å²) < 4.78 is 5.39. The molecule has 0 aromatic heterocycles. The lowest BCUT2D eigenvalue weighted by molar-refractivity contribution is 0.409. The summed E-state index contributed by atoms with van der Waals surface area (Å²) in [6, 6.07) is 4.33. The lowest BCUT2D eigenvalue weighted by Gasteiger charge is -2.22. The van der Waals surface area contributed by atoms with Crippen LogP contribution >= 0.6 is 0 Å². The van der Waals surface area contributed by atoms with Gasteiger partial charge in [0.2, 0.25) is 0 Å². The van der Waals surface area contributed by atoms with E-state index in [1.807, 2.05) is 0 Å². The Hall–Kier alpha value is -1.49. The molecule has 1 aliphatic rings. The molecule has 2 nitrogen and oxygen atoms in total. The third kappa shape index (κ3) is 1.78. The van der Waals surface area contributed by atoms with Crippen molar-refractivity contribution in [2.45, 2.75) is 39.0 Å². The SMILES string of the molecule is COc1cc(C)c2c(c1CC#N)CCCC2. The number of benzene rings is 1. The van der Waals surface area contributed by atoms with Crippen molar-refractivity contribution >= 4 is 0 Å². The zero-order valence-electron chi connectivity index (χ0n) is 9.97. The van der Waals surface area contributed by atoms with E-state index in [-0.39, 0.29) is 0 Å². The minimum Gasteiger partial charge on any atom is -0.496 e. The van der Waals surface area contributed by atoms with Gasteiger partial charge in [-0.05, 0) is 55.4 Å². The average molecular weight is 215 g/mol. The fourth-order valence-corrected chi connectivity index (χ4v) is 2.65. The smallest absolute Gasteiger partial charge is 0.123 e. The molecule has 1 aromatic carbocycles. The zero-order chi connectivity index (χ0) is 11.5. The fourth-order valence-electron chi connectivity index (χ4n) is 2.65.